The van der Waals surface area contributed by atoms with Crippen molar-refractivity contribution in [2.45, 2.75) is 18.7 Å². The number of thiazole rings is 1. The first-order valence-electron chi connectivity index (χ1n) is 7.15. The predicted octanol–water partition coefficient (Wildman–Crippen LogP) is 4.22. The molecule has 3 rings (SSSR count). The van der Waals surface area contributed by atoms with Crippen molar-refractivity contribution in [3.8, 4) is 10.7 Å². The minimum Gasteiger partial charge on any atom is -0.345 e. The Morgan fingerprint density at radius 2 is 1.88 bits per heavy atom. The van der Waals surface area contributed by atoms with Gasteiger partial charge in [-0.3, -0.25) is 4.72 Å². The number of sulfonamides is 1. The van der Waals surface area contributed by atoms with Crippen LogP contribution < -0.4 is 4.72 Å². The van der Waals surface area contributed by atoms with Crippen LogP contribution in [-0.2, 0) is 17.1 Å². The van der Waals surface area contributed by atoms with Gasteiger partial charge in [0, 0.05) is 34.5 Å². The number of aromatic nitrogens is 2. The summed E-state index contributed by atoms with van der Waals surface area (Å²) in [7, 11) is -1.86. The van der Waals surface area contributed by atoms with Crippen LogP contribution in [0.15, 0.2) is 40.6 Å². The fourth-order valence-corrected chi connectivity index (χ4v) is 4.67. The van der Waals surface area contributed by atoms with Crippen LogP contribution in [0.4, 0.5) is 5.69 Å². The summed E-state index contributed by atoms with van der Waals surface area (Å²) in [5.41, 5.74) is 2.81. The molecule has 0 aliphatic carbocycles. The van der Waals surface area contributed by atoms with Crippen LogP contribution in [0.25, 0.3) is 10.7 Å². The number of hydrogen-bond acceptors (Lipinski definition) is 4. The molecule has 0 atom stereocenters. The van der Waals surface area contributed by atoms with Crippen LogP contribution in [-0.4, -0.2) is 18.0 Å². The number of aryl methyl sites for hydroxylation is 1. The van der Waals surface area contributed by atoms with Crippen LogP contribution in [0.3, 0.4) is 0 Å². The maximum Gasteiger partial charge on any atom is 0.263 e. The van der Waals surface area contributed by atoms with E-state index in [0.717, 1.165) is 16.4 Å². The highest BCUT2D eigenvalue weighted by Crippen LogP contribution is 2.30. The zero-order valence-electron chi connectivity index (χ0n) is 13.4. The Balaban J connectivity index is 2.00. The molecule has 24 heavy (non-hydrogen) atoms. The normalized spacial score (nSPS) is 11.7. The molecule has 0 saturated carbocycles. The largest absolute Gasteiger partial charge is 0.345 e. The van der Waals surface area contributed by atoms with Gasteiger partial charge in [-0.25, -0.2) is 13.4 Å². The monoisotopic (exact) mass is 381 g/mol. The van der Waals surface area contributed by atoms with Crippen LogP contribution in [0, 0.1) is 13.8 Å². The first kappa shape index (κ1) is 17.0. The average Bonchev–Trinajstić information content (AvgIpc) is 3.07. The molecular weight excluding hydrogens is 366 g/mol. The van der Waals surface area contributed by atoms with Crippen molar-refractivity contribution in [2.24, 2.45) is 7.05 Å². The zero-order chi connectivity index (χ0) is 17.5. The van der Waals surface area contributed by atoms with Crippen molar-refractivity contribution in [2.75, 3.05) is 4.72 Å². The maximum absolute atomic E-state index is 12.7. The molecule has 8 heteroatoms. The van der Waals surface area contributed by atoms with Gasteiger partial charge in [-0.05, 0) is 44.2 Å². The molecule has 1 aromatic carbocycles. The van der Waals surface area contributed by atoms with Crippen molar-refractivity contribution >= 4 is 38.6 Å². The third-order valence-corrected chi connectivity index (χ3v) is 6.44. The van der Waals surface area contributed by atoms with Gasteiger partial charge < -0.3 is 4.57 Å². The second-order valence-corrected chi connectivity index (χ2v) is 8.39. The number of halogens is 1. The summed E-state index contributed by atoms with van der Waals surface area (Å²) in [4.78, 5) is 4.68. The fraction of sp³-hybridized carbons (Fsp3) is 0.188. The fourth-order valence-electron chi connectivity index (χ4n) is 2.35. The van der Waals surface area contributed by atoms with Gasteiger partial charge in [0.2, 0.25) is 0 Å². The molecule has 0 saturated heterocycles. The van der Waals surface area contributed by atoms with Gasteiger partial charge in [-0.1, -0.05) is 11.6 Å². The molecule has 5 nitrogen and oxygen atoms in total. The third-order valence-electron chi connectivity index (χ3n) is 3.71. The lowest BCUT2D eigenvalue weighted by Gasteiger charge is -2.08. The van der Waals surface area contributed by atoms with E-state index in [1.807, 2.05) is 23.9 Å². The van der Waals surface area contributed by atoms with E-state index in [-0.39, 0.29) is 4.90 Å². The van der Waals surface area contributed by atoms with Crippen LogP contribution in [0.1, 0.15) is 11.4 Å². The van der Waals surface area contributed by atoms with Crippen molar-refractivity contribution < 1.29 is 8.42 Å². The lowest BCUT2D eigenvalue weighted by molar-refractivity contribution is 0.600. The number of hydrogen-bond donors (Lipinski definition) is 1. The van der Waals surface area contributed by atoms with E-state index < -0.39 is 10.0 Å². The van der Waals surface area contributed by atoms with E-state index in [4.69, 9.17) is 11.6 Å². The first-order valence-corrected chi connectivity index (χ1v) is 9.89. The van der Waals surface area contributed by atoms with E-state index >= 15 is 0 Å². The zero-order valence-corrected chi connectivity index (χ0v) is 15.8. The highest BCUT2D eigenvalue weighted by Gasteiger charge is 2.23. The van der Waals surface area contributed by atoms with E-state index in [1.165, 1.54) is 11.3 Å². The summed E-state index contributed by atoms with van der Waals surface area (Å²) in [5.74, 6) is 0. The summed E-state index contributed by atoms with van der Waals surface area (Å²) in [6.07, 6.45) is 0. The van der Waals surface area contributed by atoms with Crippen molar-refractivity contribution in [1.29, 1.82) is 0 Å². The number of rotatable bonds is 4. The van der Waals surface area contributed by atoms with Crippen molar-refractivity contribution in [3.05, 3.63) is 52.1 Å². The smallest absolute Gasteiger partial charge is 0.263 e. The molecule has 0 bridgehead atoms. The van der Waals surface area contributed by atoms with Gasteiger partial charge in [-0.2, -0.15) is 0 Å². The summed E-state index contributed by atoms with van der Waals surface area (Å²) in [6, 6.07) is 8.19. The number of nitrogens with zero attached hydrogens (tertiary/aromatic N) is 2. The van der Waals surface area contributed by atoms with Crippen molar-refractivity contribution in [3.63, 3.8) is 0 Å². The summed E-state index contributed by atoms with van der Waals surface area (Å²) in [6.45, 7) is 3.69. The van der Waals surface area contributed by atoms with Gasteiger partial charge in [0.25, 0.3) is 10.0 Å². The molecule has 1 N–H and O–H groups in total. The lowest BCUT2D eigenvalue weighted by Crippen LogP contribution is -2.13. The third kappa shape index (κ3) is 3.19. The lowest BCUT2D eigenvalue weighted by atomic mass is 10.3. The van der Waals surface area contributed by atoms with Crippen LogP contribution in [0.2, 0.25) is 5.02 Å². The van der Waals surface area contributed by atoms with E-state index in [0.29, 0.717) is 16.4 Å². The Kier molecular flexibility index (Phi) is 4.42. The van der Waals surface area contributed by atoms with E-state index in [2.05, 4.69) is 9.71 Å². The predicted molar refractivity (Wildman–Crippen MR) is 98.3 cm³/mol. The molecule has 0 aliphatic heterocycles. The quantitative estimate of drug-likeness (QED) is 0.735. The van der Waals surface area contributed by atoms with Crippen LogP contribution >= 0.6 is 22.9 Å². The van der Waals surface area contributed by atoms with Gasteiger partial charge in [-0.15, -0.1) is 11.3 Å². The summed E-state index contributed by atoms with van der Waals surface area (Å²) < 4.78 is 29.9. The molecule has 126 valence electrons. The van der Waals surface area contributed by atoms with Crippen LogP contribution in [0.5, 0.6) is 0 Å². The van der Waals surface area contributed by atoms with Crippen molar-refractivity contribution in [1.82, 2.24) is 9.55 Å². The molecule has 0 amide bonds. The molecule has 2 heterocycles. The maximum atomic E-state index is 12.7. The Hall–Kier alpha value is -1.83. The summed E-state index contributed by atoms with van der Waals surface area (Å²) in [5, 5.41) is 3.29. The van der Waals surface area contributed by atoms with Gasteiger partial charge in [0.05, 0.1) is 5.69 Å². The number of benzene rings is 1. The topological polar surface area (TPSA) is 64.0 Å². The number of nitrogens with one attached hydrogen (secondary N) is 1. The molecule has 2 aromatic heterocycles. The second-order valence-electron chi connectivity index (χ2n) is 5.44. The Morgan fingerprint density at radius 3 is 2.46 bits per heavy atom. The van der Waals surface area contributed by atoms with Gasteiger partial charge in [0.1, 0.15) is 9.90 Å². The molecule has 3 aromatic rings. The highest BCUT2D eigenvalue weighted by molar-refractivity contribution is 7.92. The molecule has 0 unspecified atom stereocenters. The van der Waals surface area contributed by atoms with Gasteiger partial charge >= 0.3 is 0 Å². The second kappa shape index (κ2) is 6.23. The Morgan fingerprint density at radius 1 is 1.21 bits per heavy atom. The molecular formula is C16H16ClN3O2S2. The SMILES string of the molecule is Cc1csc(-c2cc(S(=O)(=O)Nc3ccc(Cl)cc3)c(C)n2C)n1. The Labute approximate surface area is 150 Å². The first-order chi connectivity index (χ1) is 11.3. The number of anilines is 1. The average molecular weight is 382 g/mol. The minimum absolute atomic E-state index is 0.239. The van der Waals surface area contributed by atoms with Gasteiger partial charge in [0.15, 0.2) is 0 Å². The molecule has 0 aliphatic rings. The standard InChI is InChI=1S/C16H16ClN3O2S2/c1-10-9-23-16(18-10)14-8-15(11(2)20(14)3)24(21,22)19-13-6-4-12(17)5-7-13/h4-9,19H,1-3H3. The summed E-state index contributed by atoms with van der Waals surface area (Å²) >= 11 is 7.33. The highest BCUT2D eigenvalue weighted by atomic mass is 35.5. The molecule has 0 spiro atoms. The minimum atomic E-state index is -3.70. The Bertz CT molecular complexity index is 989. The molecule has 0 radical (unpaired) electrons. The molecule has 0 fully saturated rings. The van der Waals surface area contributed by atoms with E-state index in [1.54, 1.807) is 37.3 Å². The van der Waals surface area contributed by atoms with E-state index in [9.17, 15) is 8.42 Å².